The molecule has 3 N–H and O–H groups in total. The highest BCUT2D eigenvalue weighted by molar-refractivity contribution is 9.10. The zero-order valence-electron chi connectivity index (χ0n) is 5.17. The average molecular weight is 222 g/mol. The topological polar surface area (TPSA) is 82.7 Å². The summed E-state index contributed by atoms with van der Waals surface area (Å²) < 4.78 is 4.98. The van der Waals surface area contributed by atoms with Crippen molar-refractivity contribution in [2.45, 2.75) is 0 Å². The number of carboxylic acids is 1. The zero-order valence-corrected chi connectivity index (χ0v) is 6.75. The summed E-state index contributed by atoms with van der Waals surface area (Å²) in [4.78, 5) is 10.3. The molecule has 0 aliphatic carbocycles. The molecule has 0 unspecified atom stereocenters. The van der Waals surface area contributed by atoms with Crippen LogP contribution >= 0.6 is 15.9 Å². The Labute approximate surface area is 69.7 Å². The van der Waals surface area contributed by atoms with Gasteiger partial charge in [0.15, 0.2) is 0 Å². The normalized spacial score (nSPS) is 9.64. The van der Waals surface area contributed by atoms with Crippen molar-refractivity contribution >= 4 is 27.8 Å². The minimum absolute atomic E-state index is 0.0256. The number of nitrogens with one attached hydrogen (secondary N) is 1. The molecule has 0 aromatic carbocycles. The summed E-state index contributed by atoms with van der Waals surface area (Å²) in [6, 6.07) is 1.24. The molecule has 11 heavy (non-hydrogen) atoms. The molecule has 0 saturated carbocycles. The smallest absolute Gasteiger partial charge is 0.371 e. The van der Waals surface area contributed by atoms with Gasteiger partial charge in [-0.05, 0) is 15.9 Å². The third-order valence-electron chi connectivity index (χ3n) is 0.999. The quantitative estimate of drug-likeness (QED) is 0.661. The molecule has 0 bridgehead atoms. The monoisotopic (exact) mass is 221 g/mol. The van der Waals surface area contributed by atoms with Gasteiger partial charge in [0.1, 0.15) is 0 Å². The van der Waals surface area contributed by atoms with E-state index in [1.54, 1.807) is 5.48 Å². The van der Waals surface area contributed by atoms with Gasteiger partial charge in [-0.2, -0.15) is 0 Å². The first-order valence-electron chi connectivity index (χ1n) is 2.58. The molecule has 6 heteroatoms. The summed E-state index contributed by atoms with van der Waals surface area (Å²) in [5.74, 6) is -1.46. The van der Waals surface area contributed by atoms with Gasteiger partial charge in [0.25, 0.3) is 0 Å². The Balaban J connectivity index is 3.05. The van der Waals surface area contributed by atoms with E-state index in [4.69, 9.17) is 10.3 Å². The van der Waals surface area contributed by atoms with Crippen molar-refractivity contribution in [3.8, 4) is 0 Å². The maximum Gasteiger partial charge on any atom is 0.371 e. The van der Waals surface area contributed by atoms with Gasteiger partial charge in [-0.15, -0.1) is 0 Å². The van der Waals surface area contributed by atoms with Crippen LogP contribution in [0.4, 0.5) is 5.88 Å². The molecule has 0 saturated heterocycles. The van der Waals surface area contributed by atoms with Crippen molar-refractivity contribution in [1.82, 2.24) is 0 Å². The molecular formula is C5H4BrNO4. The van der Waals surface area contributed by atoms with Crippen LogP contribution in [0.25, 0.3) is 0 Å². The Morgan fingerprint density at radius 2 is 2.36 bits per heavy atom. The van der Waals surface area contributed by atoms with Crippen LogP contribution in [0, 0.1) is 0 Å². The van der Waals surface area contributed by atoms with Crippen LogP contribution in [-0.4, -0.2) is 16.3 Å². The number of aromatic carboxylic acids is 1. The summed E-state index contributed by atoms with van der Waals surface area (Å²) in [7, 11) is 0. The lowest BCUT2D eigenvalue weighted by atomic mass is 10.5. The number of carboxylic acid groups (broad SMARTS) is 1. The lowest BCUT2D eigenvalue weighted by Crippen LogP contribution is -1.92. The van der Waals surface area contributed by atoms with Crippen molar-refractivity contribution < 1.29 is 19.5 Å². The molecule has 60 valence electrons. The number of furan rings is 1. The molecule has 0 aliphatic rings. The fraction of sp³-hybridized carbons (Fsp3) is 0. The lowest BCUT2D eigenvalue weighted by molar-refractivity contribution is 0.0663. The van der Waals surface area contributed by atoms with Gasteiger partial charge >= 0.3 is 5.97 Å². The maximum atomic E-state index is 10.3. The van der Waals surface area contributed by atoms with Crippen LogP contribution in [-0.2, 0) is 0 Å². The second kappa shape index (κ2) is 2.93. The lowest BCUT2D eigenvalue weighted by Gasteiger charge is -1.89. The van der Waals surface area contributed by atoms with E-state index in [0.29, 0.717) is 4.47 Å². The largest absolute Gasteiger partial charge is 0.475 e. The van der Waals surface area contributed by atoms with Gasteiger partial charge in [0, 0.05) is 6.07 Å². The minimum Gasteiger partial charge on any atom is -0.475 e. The molecule has 0 aliphatic heterocycles. The molecule has 1 aromatic rings. The van der Waals surface area contributed by atoms with Gasteiger partial charge in [-0.1, -0.05) is 0 Å². The molecule has 5 nitrogen and oxygen atoms in total. The molecule has 0 amide bonds. The van der Waals surface area contributed by atoms with E-state index in [1.165, 1.54) is 6.07 Å². The molecule has 0 spiro atoms. The third-order valence-corrected chi connectivity index (χ3v) is 1.59. The fourth-order valence-corrected chi connectivity index (χ4v) is 0.928. The van der Waals surface area contributed by atoms with E-state index in [9.17, 15) is 4.79 Å². The van der Waals surface area contributed by atoms with E-state index >= 15 is 0 Å². The van der Waals surface area contributed by atoms with Gasteiger partial charge in [0.2, 0.25) is 11.6 Å². The predicted octanol–water partition coefficient (Wildman–Crippen LogP) is 1.54. The van der Waals surface area contributed by atoms with E-state index in [0.717, 1.165) is 0 Å². The van der Waals surface area contributed by atoms with Crippen LogP contribution in [0.15, 0.2) is 15.0 Å². The number of halogens is 1. The summed E-state index contributed by atoms with van der Waals surface area (Å²) >= 11 is 2.97. The van der Waals surface area contributed by atoms with E-state index in [1.807, 2.05) is 0 Å². The molecule has 1 heterocycles. The molecular weight excluding hydrogens is 218 g/mol. The van der Waals surface area contributed by atoms with Crippen molar-refractivity contribution in [2.75, 3.05) is 5.48 Å². The van der Waals surface area contributed by atoms with Crippen molar-refractivity contribution in [3.05, 3.63) is 16.3 Å². The predicted molar refractivity (Wildman–Crippen MR) is 38.8 cm³/mol. The number of rotatable bonds is 2. The van der Waals surface area contributed by atoms with E-state index in [-0.39, 0.29) is 11.6 Å². The SMILES string of the molecule is O=C(O)c1cc(Br)c(NO)o1. The Kier molecular flexibility index (Phi) is 2.16. The highest BCUT2D eigenvalue weighted by Gasteiger charge is 2.12. The van der Waals surface area contributed by atoms with Crippen LogP contribution in [0.2, 0.25) is 0 Å². The number of hydrogen-bond donors (Lipinski definition) is 3. The third kappa shape index (κ3) is 1.52. The number of carbonyl (C=O) groups is 1. The standard InChI is InChI=1S/C5H4BrNO4/c6-2-1-3(5(8)9)11-4(2)7-10/h1,7,10H,(H,8,9). The summed E-state index contributed by atoms with van der Waals surface area (Å²) in [5, 5.41) is 16.7. The Morgan fingerprint density at radius 1 is 1.73 bits per heavy atom. The van der Waals surface area contributed by atoms with Crippen molar-refractivity contribution in [2.24, 2.45) is 0 Å². The Bertz CT molecular complexity index is 282. The van der Waals surface area contributed by atoms with E-state index in [2.05, 4.69) is 20.3 Å². The second-order valence-electron chi connectivity index (χ2n) is 1.70. The van der Waals surface area contributed by atoms with Crippen molar-refractivity contribution in [3.63, 3.8) is 0 Å². The summed E-state index contributed by atoms with van der Waals surface area (Å²) in [5.41, 5.74) is 1.69. The highest BCUT2D eigenvalue weighted by atomic mass is 79.9. The van der Waals surface area contributed by atoms with E-state index < -0.39 is 5.97 Å². The molecule has 1 aromatic heterocycles. The first-order valence-corrected chi connectivity index (χ1v) is 3.37. The van der Waals surface area contributed by atoms with Crippen LogP contribution < -0.4 is 5.48 Å². The van der Waals surface area contributed by atoms with Crippen molar-refractivity contribution in [1.29, 1.82) is 0 Å². The van der Waals surface area contributed by atoms with Gasteiger partial charge in [-0.3, -0.25) is 5.21 Å². The van der Waals surface area contributed by atoms with Gasteiger partial charge < -0.3 is 9.52 Å². The Hall–Kier alpha value is -1.01. The number of hydrogen-bond acceptors (Lipinski definition) is 4. The summed E-state index contributed by atoms with van der Waals surface area (Å²) in [6.07, 6.45) is 0. The first kappa shape index (κ1) is 8.09. The number of anilines is 1. The maximum absolute atomic E-state index is 10.3. The van der Waals surface area contributed by atoms with Gasteiger partial charge in [-0.25, -0.2) is 10.3 Å². The van der Waals surface area contributed by atoms with Crippen LogP contribution in [0.5, 0.6) is 0 Å². The van der Waals surface area contributed by atoms with Gasteiger partial charge in [0.05, 0.1) is 4.47 Å². The van der Waals surface area contributed by atoms with Crippen LogP contribution in [0.3, 0.4) is 0 Å². The summed E-state index contributed by atoms with van der Waals surface area (Å²) in [6.45, 7) is 0. The second-order valence-corrected chi connectivity index (χ2v) is 2.56. The van der Waals surface area contributed by atoms with Crippen LogP contribution in [0.1, 0.15) is 10.6 Å². The zero-order chi connectivity index (χ0) is 8.43. The highest BCUT2D eigenvalue weighted by Crippen LogP contribution is 2.25. The molecule has 0 fully saturated rings. The molecule has 0 radical (unpaired) electrons. The molecule has 0 atom stereocenters. The molecule has 1 rings (SSSR count). The average Bonchev–Trinajstić information content (AvgIpc) is 2.31. The Morgan fingerprint density at radius 3 is 2.64 bits per heavy atom. The first-order chi connectivity index (χ1) is 5.15. The fourth-order valence-electron chi connectivity index (χ4n) is 0.550. The minimum atomic E-state index is -1.19.